The lowest BCUT2D eigenvalue weighted by molar-refractivity contribution is -0.154. The van der Waals surface area contributed by atoms with E-state index in [9.17, 15) is 9.59 Å². The van der Waals surface area contributed by atoms with Crippen molar-refractivity contribution < 1.29 is 14.3 Å². The Morgan fingerprint density at radius 2 is 2.11 bits per heavy atom. The summed E-state index contributed by atoms with van der Waals surface area (Å²) >= 11 is 1.52. The van der Waals surface area contributed by atoms with Crippen molar-refractivity contribution in [2.45, 2.75) is 33.4 Å². The first kappa shape index (κ1) is 18.7. The van der Waals surface area contributed by atoms with Gasteiger partial charge < -0.3 is 10.1 Å². The summed E-state index contributed by atoms with van der Waals surface area (Å²) in [5.41, 5.74) is 3.56. The molecule has 0 aliphatic carbocycles. The van der Waals surface area contributed by atoms with Crippen molar-refractivity contribution in [3.05, 3.63) is 46.2 Å². The van der Waals surface area contributed by atoms with E-state index in [4.69, 9.17) is 4.74 Å². The average Bonchev–Trinajstić information content (AvgIpc) is 3.28. The Balaban J connectivity index is 1.54. The Hall–Kier alpha value is -3.07. The van der Waals surface area contributed by atoms with Gasteiger partial charge in [-0.1, -0.05) is 17.7 Å². The average molecular weight is 385 g/mol. The van der Waals surface area contributed by atoms with E-state index in [1.165, 1.54) is 18.3 Å². The number of aromatic nitrogens is 4. The van der Waals surface area contributed by atoms with E-state index in [-0.39, 0.29) is 6.54 Å². The smallest absolute Gasteiger partial charge is 0.330 e. The van der Waals surface area contributed by atoms with Gasteiger partial charge in [0.05, 0.1) is 0 Å². The van der Waals surface area contributed by atoms with Gasteiger partial charge in [-0.05, 0) is 49.1 Å². The largest absolute Gasteiger partial charge is 0.451 e. The van der Waals surface area contributed by atoms with Crippen molar-refractivity contribution in [3.8, 4) is 11.4 Å². The first-order valence-electron chi connectivity index (χ1n) is 8.30. The number of thiophene rings is 1. The van der Waals surface area contributed by atoms with Crippen LogP contribution in [0.1, 0.15) is 18.1 Å². The molecule has 0 fully saturated rings. The number of amides is 1. The number of hydrogen-bond acceptors (Lipinski definition) is 7. The van der Waals surface area contributed by atoms with Crippen LogP contribution in [0.4, 0.5) is 5.69 Å². The van der Waals surface area contributed by atoms with Crippen LogP contribution in [-0.2, 0) is 20.9 Å². The highest BCUT2D eigenvalue weighted by Crippen LogP contribution is 2.17. The van der Waals surface area contributed by atoms with Crippen LogP contribution in [0.3, 0.4) is 0 Å². The molecule has 8 nitrogen and oxygen atoms in total. The van der Waals surface area contributed by atoms with Crippen molar-refractivity contribution in [1.82, 2.24) is 20.2 Å². The maximum absolute atomic E-state index is 12.3. The highest BCUT2D eigenvalue weighted by Gasteiger charge is 2.19. The van der Waals surface area contributed by atoms with Crippen LogP contribution in [0.15, 0.2) is 35.0 Å². The molecule has 9 heteroatoms. The third kappa shape index (κ3) is 4.76. The summed E-state index contributed by atoms with van der Waals surface area (Å²) in [7, 11) is 0. The molecule has 0 radical (unpaired) electrons. The van der Waals surface area contributed by atoms with Crippen molar-refractivity contribution in [1.29, 1.82) is 0 Å². The van der Waals surface area contributed by atoms with Crippen LogP contribution in [0.25, 0.3) is 11.4 Å². The lowest BCUT2D eigenvalue weighted by Crippen LogP contribution is -2.31. The Bertz CT molecular complexity index is 952. The van der Waals surface area contributed by atoms with E-state index in [2.05, 4.69) is 20.7 Å². The number of hydrogen-bond donors (Lipinski definition) is 1. The van der Waals surface area contributed by atoms with Crippen LogP contribution in [0.5, 0.6) is 0 Å². The van der Waals surface area contributed by atoms with E-state index in [0.29, 0.717) is 11.5 Å². The van der Waals surface area contributed by atoms with Gasteiger partial charge in [-0.25, -0.2) is 4.79 Å². The molecule has 1 aromatic carbocycles. The molecular formula is C18H19N5O3S. The van der Waals surface area contributed by atoms with Gasteiger partial charge in [-0.15, -0.1) is 10.2 Å². The van der Waals surface area contributed by atoms with Gasteiger partial charge in [-0.3, -0.25) is 4.79 Å². The number of nitrogens with zero attached hydrogens (tertiary/aromatic N) is 4. The summed E-state index contributed by atoms with van der Waals surface area (Å²) in [4.78, 5) is 25.5. The van der Waals surface area contributed by atoms with Crippen LogP contribution in [-0.4, -0.2) is 38.2 Å². The number of nitrogens with one attached hydrogen (secondary N) is 1. The van der Waals surface area contributed by atoms with Gasteiger partial charge >= 0.3 is 5.97 Å². The van der Waals surface area contributed by atoms with Crippen LogP contribution < -0.4 is 5.32 Å². The normalized spacial score (nSPS) is 11.8. The quantitative estimate of drug-likeness (QED) is 0.655. The minimum atomic E-state index is -0.946. The number of carbonyl (C=O) groups is 2. The molecule has 0 saturated heterocycles. The molecule has 0 saturated carbocycles. The molecular weight excluding hydrogens is 366 g/mol. The third-order valence-electron chi connectivity index (χ3n) is 3.82. The summed E-state index contributed by atoms with van der Waals surface area (Å²) in [6.45, 7) is 5.17. The summed E-state index contributed by atoms with van der Waals surface area (Å²) in [6, 6.07) is 7.56. The summed E-state index contributed by atoms with van der Waals surface area (Å²) in [6.07, 6.45) is -0.946. The van der Waals surface area contributed by atoms with E-state index in [1.807, 2.05) is 48.9 Å². The van der Waals surface area contributed by atoms with Gasteiger partial charge in [-0.2, -0.15) is 16.1 Å². The maximum atomic E-state index is 12.3. The molecule has 27 heavy (non-hydrogen) atoms. The number of ether oxygens (including phenoxy) is 1. The Labute approximate surface area is 160 Å². The maximum Gasteiger partial charge on any atom is 0.330 e. The van der Waals surface area contributed by atoms with Crippen molar-refractivity contribution in [3.63, 3.8) is 0 Å². The van der Waals surface area contributed by atoms with Crippen molar-refractivity contribution >= 4 is 28.9 Å². The van der Waals surface area contributed by atoms with Gasteiger partial charge in [0.1, 0.15) is 0 Å². The van der Waals surface area contributed by atoms with E-state index >= 15 is 0 Å². The second kappa shape index (κ2) is 8.09. The highest BCUT2D eigenvalue weighted by atomic mass is 32.1. The first-order chi connectivity index (χ1) is 12.9. The van der Waals surface area contributed by atoms with E-state index in [0.717, 1.165) is 21.5 Å². The minimum absolute atomic E-state index is 0.224. The first-order valence-corrected chi connectivity index (χ1v) is 9.24. The molecule has 2 heterocycles. The fourth-order valence-electron chi connectivity index (χ4n) is 2.41. The zero-order chi connectivity index (χ0) is 19.4. The van der Waals surface area contributed by atoms with E-state index in [1.54, 1.807) is 0 Å². The summed E-state index contributed by atoms with van der Waals surface area (Å²) < 4.78 is 5.17. The van der Waals surface area contributed by atoms with Crippen LogP contribution in [0.2, 0.25) is 0 Å². The molecule has 0 bridgehead atoms. The van der Waals surface area contributed by atoms with Gasteiger partial charge in [0, 0.05) is 16.6 Å². The molecule has 1 amide bonds. The zero-order valence-corrected chi connectivity index (χ0v) is 16.0. The monoisotopic (exact) mass is 385 g/mol. The Kier molecular flexibility index (Phi) is 5.60. The lowest BCUT2D eigenvalue weighted by atomic mass is 10.1. The number of aryl methyl sites for hydroxylation is 2. The standard InChI is InChI=1S/C18H19N5O3S/c1-11-4-5-15(12(2)8-11)19-18(25)13(3)26-16(24)9-23-21-17(20-22-23)14-6-7-27-10-14/h4-8,10,13H,9H2,1-3H3,(H,19,25)/t13-/m0/s1. The Morgan fingerprint density at radius 3 is 2.81 bits per heavy atom. The molecule has 0 spiro atoms. The molecule has 3 rings (SSSR count). The molecule has 0 aliphatic rings. The molecule has 0 aliphatic heterocycles. The summed E-state index contributed by atoms with van der Waals surface area (Å²) in [5, 5.41) is 18.4. The third-order valence-corrected chi connectivity index (χ3v) is 4.50. The molecule has 1 atom stereocenters. The van der Waals surface area contributed by atoms with E-state index < -0.39 is 18.0 Å². The van der Waals surface area contributed by atoms with Crippen molar-refractivity contribution in [2.24, 2.45) is 0 Å². The molecule has 140 valence electrons. The number of tetrazole rings is 1. The molecule has 3 aromatic rings. The van der Waals surface area contributed by atoms with Crippen molar-refractivity contribution in [2.75, 3.05) is 5.32 Å². The molecule has 0 unspecified atom stereocenters. The lowest BCUT2D eigenvalue weighted by Gasteiger charge is -2.14. The molecule has 1 N–H and O–H groups in total. The van der Waals surface area contributed by atoms with Gasteiger partial charge in [0.15, 0.2) is 12.6 Å². The second-order valence-corrected chi connectivity index (χ2v) is 6.88. The number of esters is 1. The van der Waals surface area contributed by atoms with Gasteiger partial charge in [0.25, 0.3) is 5.91 Å². The number of carbonyl (C=O) groups excluding carboxylic acids is 2. The predicted octanol–water partition coefficient (Wildman–Crippen LogP) is 2.59. The Morgan fingerprint density at radius 1 is 1.30 bits per heavy atom. The topological polar surface area (TPSA) is 99.0 Å². The molecule has 2 aromatic heterocycles. The second-order valence-electron chi connectivity index (χ2n) is 6.10. The van der Waals surface area contributed by atoms with Crippen LogP contribution >= 0.6 is 11.3 Å². The highest BCUT2D eigenvalue weighted by molar-refractivity contribution is 7.08. The fourth-order valence-corrected chi connectivity index (χ4v) is 3.04. The number of rotatable bonds is 6. The van der Waals surface area contributed by atoms with Gasteiger partial charge in [0.2, 0.25) is 5.82 Å². The number of anilines is 1. The SMILES string of the molecule is Cc1ccc(NC(=O)[C@H](C)OC(=O)Cn2nnc(-c3ccsc3)n2)c(C)c1. The number of benzene rings is 1. The minimum Gasteiger partial charge on any atom is -0.451 e. The summed E-state index contributed by atoms with van der Waals surface area (Å²) in [5.74, 6) is -0.585. The fraction of sp³-hybridized carbons (Fsp3) is 0.278. The van der Waals surface area contributed by atoms with Crippen LogP contribution in [0, 0.1) is 13.8 Å². The zero-order valence-electron chi connectivity index (χ0n) is 15.2. The predicted molar refractivity (Wildman–Crippen MR) is 101 cm³/mol.